The maximum atomic E-state index is 9.83. The van der Waals surface area contributed by atoms with Crippen LogP contribution >= 0.6 is 0 Å². The van der Waals surface area contributed by atoms with Gasteiger partial charge in [-0.1, -0.05) is 19.9 Å². The topological polar surface area (TPSA) is 23.5 Å². The van der Waals surface area contributed by atoms with Crippen molar-refractivity contribution in [2.75, 3.05) is 13.1 Å². The van der Waals surface area contributed by atoms with Crippen molar-refractivity contribution in [3.05, 3.63) is 29.3 Å². The van der Waals surface area contributed by atoms with E-state index < -0.39 is 0 Å². The van der Waals surface area contributed by atoms with Gasteiger partial charge in [0.25, 0.3) is 0 Å². The molecule has 0 saturated carbocycles. The van der Waals surface area contributed by atoms with E-state index in [4.69, 9.17) is 0 Å². The van der Waals surface area contributed by atoms with Crippen LogP contribution in [0.3, 0.4) is 0 Å². The molecule has 0 aromatic heterocycles. The third kappa shape index (κ3) is 2.35. The minimum atomic E-state index is 0.423. The van der Waals surface area contributed by atoms with Gasteiger partial charge in [-0.25, -0.2) is 0 Å². The number of phenols is 1. The van der Waals surface area contributed by atoms with Crippen molar-refractivity contribution >= 4 is 0 Å². The number of likely N-dealkylation sites (tertiary alicyclic amines) is 1. The fourth-order valence-electron chi connectivity index (χ4n) is 4.20. The number of aryl methyl sites for hydroxylation is 1. The van der Waals surface area contributed by atoms with Gasteiger partial charge in [0.05, 0.1) is 0 Å². The molecule has 0 bridgehead atoms. The van der Waals surface area contributed by atoms with Crippen molar-refractivity contribution in [1.82, 2.24) is 4.90 Å². The van der Waals surface area contributed by atoms with Crippen molar-refractivity contribution < 1.29 is 5.11 Å². The van der Waals surface area contributed by atoms with Crippen LogP contribution in [0.5, 0.6) is 5.75 Å². The van der Waals surface area contributed by atoms with E-state index in [0.717, 1.165) is 0 Å². The summed E-state index contributed by atoms with van der Waals surface area (Å²) in [6.45, 7) is 7.14. The lowest BCUT2D eigenvalue weighted by Crippen LogP contribution is -2.32. The summed E-state index contributed by atoms with van der Waals surface area (Å²) in [6, 6.07) is 6.51. The van der Waals surface area contributed by atoms with Crippen LogP contribution in [0, 0.1) is 5.41 Å². The Bertz CT molecular complexity index is 478. The van der Waals surface area contributed by atoms with Crippen LogP contribution in [-0.2, 0) is 6.42 Å². The number of fused-ring (bicyclic) bond motifs is 1. The van der Waals surface area contributed by atoms with Gasteiger partial charge in [-0.3, -0.25) is 4.90 Å². The predicted octanol–water partition coefficient (Wildman–Crippen LogP) is 4.28. The Balaban J connectivity index is 1.85. The molecule has 0 amide bonds. The molecule has 110 valence electrons. The van der Waals surface area contributed by atoms with Crippen molar-refractivity contribution in [2.24, 2.45) is 5.41 Å². The van der Waals surface area contributed by atoms with Crippen LogP contribution in [0.2, 0.25) is 0 Å². The van der Waals surface area contributed by atoms with Gasteiger partial charge < -0.3 is 5.11 Å². The van der Waals surface area contributed by atoms with Crippen molar-refractivity contribution in [2.45, 2.75) is 58.4 Å². The summed E-state index contributed by atoms with van der Waals surface area (Å²) in [5, 5.41) is 9.83. The molecule has 1 N–H and O–H groups in total. The van der Waals surface area contributed by atoms with Gasteiger partial charge in [-0.15, -0.1) is 0 Å². The van der Waals surface area contributed by atoms with E-state index >= 15 is 0 Å². The molecule has 0 radical (unpaired) electrons. The maximum Gasteiger partial charge on any atom is 0.115 e. The van der Waals surface area contributed by atoms with E-state index in [-0.39, 0.29) is 0 Å². The molecule has 1 saturated heterocycles. The second-order valence-corrected chi connectivity index (χ2v) is 6.72. The highest BCUT2D eigenvalue weighted by molar-refractivity contribution is 5.38. The lowest BCUT2D eigenvalue weighted by molar-refractivity contribution is 0.179. The SMILES string of the molecule is CCC1(CC)CCN(C2CCCc3ccc(O)cc32)C1. The zero-order valence-corrected chi connectivity index (χ0v) is 12.9. The minimum absolute atomic E-state index is 0.423. The smallest absolute Gasteiger partial charge is 0.115 e. The Kier molecular flexibility index (Phi) is 3.76. The monoisotopic (exact) mass is 273 g/mol. The molecule has 1 aliphatic carbocycles. The van der Waals surface area contributed by atoms with E-state index in [1.54, 1.807) is 0 Å². The fourth-order valence-corrected chi connectivity index (χ4v) is 4.20. The van der Waals surface area contributed by atoms with Gasteiger partial charge in [-0.2, -0.15) is 0 Å². The molecule has 1 heterocycles. The quantitative estimate of drug-likeness (QED) is 0.888. The largest absolute Gasteiger partial charge is 0.508 e. The zero-order chi connectivity index (χ0) is 14.2. The molecule has 2 nitrogen and oxygen atoms in total. The third-order valence-electron chi connectivity index (χ3n) is 5.82. The van der Waals surface area contributed by atoms with Crippen LogP contribution in [0.25, 0.3) is 0 Å². The Morgan fingerprint density at radius 1 is 1.30 bits per heavy atom. The molecule has 1 atom stereocenters. The van der Waals surface area contributed by atoms with Crippen LogP contribution in [0.4, 0.5) is 0 Å². The Labute approximate surface area is 122 Å². The van der Waals surface area contributed by atoms with E-state index in [9.17, 15) is 5.11 Å². The fraction of sp³-hybridized carbons (Fsp3) is 0.667. The molecule has 20 heavy (non-hydrogen) atoms. The first kappa shape index (κ1) is 13.9. The molecule has 1 fully saturated rings. The number of hydrogen-bond donors (Lipinski definition) is 1. The molecular weight excluding hydrogens is 246 g/mol. The summed E-state index contributed by atoms with van der Waals surface area (Å²) in [7, 11) is 0. The Morgan fingerprint density at radius 2 is 2.10 bits per heavy atom. The second-order valence-electron chi connectivity index (χ2n) is 6.72. The molecule has 1 aromatic rings. The molecule has 1 unspecified atom stereocenters. The highest BCUT2D eigenvalue weighted by Crippen LogP contribution is 2.44. The minimum Gasteiger partial charge on any atom is -0.508 e. The summed E-state index contributed by atoms with van der Waals surface area (Å²) in [5.74, 6) is 0.423. The number of rotatable bonds is 3. The first-order valence-electron chi connectivity index (χ1n) is 8.23. The molecule has 2 aliphatic rings. The summed E-state index contributed by atoms with van der Waals surface area (Å²) in [4.78, 5) is 2.68. The van der Waals surface area contributed by atoms with E-state index in [2.05, 4.69) is 24.8 Å². The number of phenolic OH excluding ortho intramolecular Hbond substituents is 1. The summed E-state index contributed by atoms with van der Waals surface area (Å²) < 4.78 is 0. The Hall–Kier alpha value is -1.02. The lowest BCUT2D eigenvalue weighted by atomic mass is 9.81. The highest BCUT2D eigenvalue weighted by Gasteiger charge is 2.39. The number of aromatic hydroxyl groups is 1. The van der Waals surface area contributed by atoms with Crippen LogP contribution in [0.15, 0.2) is 18.2 Å². The maximum absolute atomic E-state index is 9.83. The van der Waals surface area contributed by atoms with Crippen LogP contribution < -0.4 is 0 Å². The van der Waals surface area contributed by atoms with Gasteiger partial charge in [0.1, 0.15) is 5.75 Å². The molecular formula is C18H27NO. The standard InChI is InChI=1S/C18H27NO/c1-3-18(4-2)10-11-19(13-18)17-7-5-6-14-8-9-15(20)12-16(14)17/h8-9,12,17,20H,3-7,10-11,13H2,1-2H3. The van der Waals surface area contributed by atoms with Gasteiger partial charge in [0.15, 0.2) is 0 Å². The lowest BCUT2D eigenvalue weighted by Gasteiger charge is -2.35. The van der Waals surface area contributed by atoms with Gasteiger partial charge >= 0.3 is 0 Å². The van der Waals surface area contributed by atoms with Crippen LogP contribution in [0.1, 0.15) is 63.1 Å². The van der Waals surface area contributed by atoms with Gasteiger partial charge in [0.2, 0.25) is 0 Å². The zero-order valence-electron chi connectivity index (χ0n) is 12.9. The normalized spacial score (nSPS) is 25.6. The first-order valence-corrected chi connectivity index (χ1v) is 8.23. The summed E-state index contributed by atoms with van der Waals surface area (Å²) >= 11 is 0. The number of nitrogens with zero attached hydrogens (tertiary/aromatic N) is 1. The summed E-state index contributed by atoms with van der Waals surface area (Å²) in [5.41, 5.74) is 3.37. The van der Waals surface area contributed by atoms with E-state index in [0.29, 0.717) is 17.2 Å². The van der Waals surface area contributed by atoms with Gasteiger partial charge in [0, 0.05) is 12.6 Å². The van der Waals surface area contributed by atoms with Crippen molar-refractivity contribution in [1.29, 1.82) is 0 Å². The third-order valence-corrected chi connectivity index (χ3v) is 5.82. The number of benzene rings is 1. The second kappa shape index (κ2) is 5.40. The van der Waals surface area contributed by atoms with E-state index in [1.807, 2.05) is 12.1 Å². The highest BCUT2D eigenvalue weighted by atomic mass is 16.3. The molecule has 1 aliphatic heterocycles. The molecule has 3 rings (SSSR count). The Morgan fingerprint density at radius 3 is 2.80 bits per heavy atom. The van der Waals surface area contributed by atoms with Crippen molar-refractivity contribution in [3.8, 4) is 5.75 Å². The average molecular weight is 273 g/mol. The first-order chi connectivity index (χ1) is 9.67. The summed E-state index contributed by atoms with van der Waals surface area (Å²) in [6.07, 6.45) is 7.63. The number of hydrogen-bond acceptors (Lipinski definition) is 2. The molecule has 0 spiro atoms. The van der Waals surface area contributed by atoms with Crippen LogP contribution in [-0.4, -0.2) is 23.1 Å². The average Bonchev–Trinajstić information content (AvgIpc) is 2.91. The van der Waals surface area contributed by atoms with Gasteiger partial charge in [-0.05, 0) is 73.7 Å². The predicted molar refractivity (Wildman–Crippen MR) is 83.0 cm³/mol. The van der Waals surface area contributed by atoms with Crippen molar-refractivity contribution in [3.63, 3.8) is 0 Å². The molecule has 1 aromatic carbocycles. The van der Waals surface area contributed by atoms with E-state index in [1.165, 1.54) is 62.7 Å². The molecule has 2 heteroatoms.